The number of rotatable bonds is 4. The number of imidazole rings is 1. The largest absolute Gasteiger partial charge is 0.490 e. The molecule has 6 rings (SSSR count). The summed E-state index contributed by atoms with van der Waals surface area (Å²) in [6.07, 6.45) is 3.49. The van der Waals surface area contributed by atoms with E-state index in [0.717, 1.165) is 38.9 Å². The van der Waals surface area contributed by atoms with Crippen molar-refractivity contribution >= 4 is 34.1 Å². The second-order valence-corrected chi connectivity index (χ2v) is 9.85. The predicted molar refractivity (Wildman–Crippen MR) is 143 cm³/mol. The van der Waals surface area contributed by atoms with E-state index in [-0.39, 0.29) is 5.56 Å². The minimum absolute atomic E-state index is 0.0851. The maximum absolute atomic E-state index is 13.1. The van der Waals surface area contributed by atoms with E-state index in [4.69, 9.17) is 33.7 Å². The second kappa shape index (κ2) is 8.52. The third-order valence-electron chi connectivity index (χ3n) is 6.85. The second-order valence-electron chi connectivity index (χ2n) is 8.98. The van der Waals surface area contributed by atoms with Gasteiger partial charge in [0.05, 0.1) is 30.3 Å². The first-order chi connectivity index (χ1) is 17.4. The zero-order valence-electron chi connectivity index (χ0n) is 19.4. The number of ether oxygens (including phenoxy) is 1. The van der Waals surface area contributed by atoms with Crippen LogP contribution in [0.1, 0.15) is 16.8 Å². The number of halogens is 2. The Hall–Kier alpha value is -3.58. The number of aryl methyl sites for hydroxylation is 1. The monoisotopic (exact) mass is 516 g/mol. The lowest BCUT2D eigenvalue weighted by Gasteiger charge is -2.33. The van der Waals surface area contributed by atoms with Crippen LogP contribution in [-0.4, -0.2) is 20.7 Å². The number of nitrogens with two attached hydrogens (primary N) is 1. The summed E-state index contributed by atoms with van der Waals surface area (Å²) >= 11 is 12.5. The molecule has 8 heteroatoms. The van der Waals surface area contributed by atoms with E-state index in [1.807, 2.05) is 72.3 Å². The Bertz CT molecular complexity index is 1690. The highest BCUT2D eigenvalue weighted by Crippen LogP contribution is 2.42. The molecule has 6 nitrogen and oxygen atoms in total. The Kier molecular flexibility index (Phi) is 5.41. The molecule has 1 aliphatic rings. The van der Waals surface area contributed by atoms with Crippen LogP contribution in [0.3, 0.4) is 0 Å². The van der Waals surface area contributed by atoms with Gasteiger partial charge in [-0.05, 0) is 58.7 Å². The van der Waals surface area contributed by atoms with Gasteiger partial charge in [-0.25, -0.2) is 4.98 Å². The van der Waals surface area contributed by atoms with Crippen LogP contribution >= 0.6 is 23.2 Å². The van der Waals surface area contributed by atoms with Gasteiger partial charge < -0.3 is 19.6 Å². The van der Waals surface area contributed by atoms with Gasteiger partial charge in [-0.15, -0.1) is 0 Å². The first-order valence-electron chi connectivity index (χ1n) is 11.5. The quantitative estimate of drug-likeness (QED) is 0.349. The summed E-state index contributed by atoms with van der Waals surface area (Å²) in [4.78, 5) is 17.5. The molecule has 2 N–H and O–H groups in total. The maximum atomic E-state index is 13.1. The van der Waals surface area contributed by atoms with Gasteiger partial charge >= 0.3 is 0 Å². The van der Waals surface area contributed by atoms with E-state index in [1.165, 1.54) is 0 Å². The van der Waals surface area contributed by atoms with Crippen LogP contribution in [-0.2, 0) is 19.1 Å². The highest BCUT2D eigenvalue weighted by atomic mass is 35.5. The fourth-order valence-electron chi connectivity index (χ4n) is 5.09. The third kappa shape index (κ3) is 3.53. The van der Waals surface area contributed by atoms with Crippen molar-refractivity contribution in [2.24, 2.45) is 12.8 Å². The number of nitrogens with zero attached hydrogens (tertiary/aromatic N) is 3. The molecule has 0 saturated heterocycles. The molecule has 0 radical (unpaired) electrons. The minimum atomic E-state index is -1.08. The number of hydrogen-bond donors (Lipinski definition) is 1. The van der Waals surface area contributed by atoms with Crippen LogP contribution in [0.4, 0.5) is 0 Å². The molecule has 1 unspecified atom stereocenters. The van der Waals surface area contributed by atoms with Crippen LogP contribution in [0.25, 0.3) is 22.0 Å². The minimum Gasteiger partial charge on any atom is -0.490 e. The van der Waals surface area contributed by atoms with Gasteiger partial charge in [0.1, 0.15) is 17.9 Å². The van der Waals surface area contributed by atoms with Gasteiger partial charge in [0.15, 0.2) is 0 Å². The van der Waals surface area contributed by atoms with Crippen LogP contribution in [0.5, 0.6) is 5.75 Å². The van der Waals surface area contributed by atoms with E-state index in [0.29, 0.717) is 28.9 Å². The molecule has 3 heterocycles. The van der Waals surface area contributed by atoms with Crippen molar-refractivity contribution < 1.29 is 4.74 Å². The van der Waals surface area contributed by atoms with Crippen molar-refractivity contribution in [2.75, 3.05) is 6.61 Å². The summed E-state index contributed by atoms with van der Waals surface area (Å²) in [6, 6.07) is 20.6. The summed E-state index contributed by atoms with van der Waals surface area (Å²) in [5, 5.41) is 2.07. The highest BCUT2D eigenvalue weighted by molar-refractivity contribution is 6.31. The van der Waals surface area contributed by atoms with E-state index in [2.05, 4.69) is 4.98 Å². The fourth-order valence-corrected chi connectivity index (χ4v) is 5.41. The lowest BCUT2D eigenvalue weighted by molar-refractivity contribution is 0.283. The summed E-state index contributed by atoms with van der Waals surface area (Å²) in [6.45, 7) is 0.871. The van der Waals surface area contributed by atoms with E-state index >= 15 is 0 Å². The highest BCUT2D eigenvalue weighted by Gasteiger charge is 2.36. The van der Waals surface area contributed by atoms with Crippen LogP contribution in [0, 0.1) is 0 Å². The molecule has 2 aromatic heterocycles. The zero-order chi connectivity index (χ0) is 25.0. The van der Waals surface area contributed by atoms with E-state index in [1.54, 1.807) is 23.2 Å². The SMILES string of the molecule is Cn1cncc1C(N)(c1ccc(Cl)cc1)c1cc2c3c(c1)c(-c1cccc(Cl)c1)cc(=O)n3CCO2. The van der Waals surface area contributed by atoms with E-state index < -0.39 is 5.54 Å². The first kappa shape index (κ1) is 22.9. The molecule has 0 fully saturated rings. The third-order valence-corrected chi connectivity index (χ3v) is 7.34. The van der Waals surface area contributed by atoms with Crippen molar-refractivity contribution in [2.45, 2.75) is 12.1 Å². The Labute approximate surface area is 217 Å². The molecule has 3 aromatic carbocycles. The van der Waals surface area contributed by atoms with Gasteiger partial charge in [0.25, 0.3) is 5.56 Å². The van der Waals surface area contributed by atoms with Gasteiger partial charge in [-0.2, -0.15) is 0 Å². The van der Waals surface area contributed by atoms with Crippen molar-refractivity contribution in [3.05, 3.63) is 116 Å². The average Bonchev–Trinajstić information content (AvgIpc) is 3.32. The molecular formula is C28H22Cl2N4O2. The van der Waals surface area contributed by atoms with Gasteiger partial charge in [0.2, 0.25) is 0 Å². The van der Waals surface area contributed by atoms with Crippen molar-refractivity contribution in [1.82, 2.24) is 14.1 Å². The molecule has 36 heavy (non-hydrogen) atoms. The van der Waals surface area contributed by atoms with Crippen LogP contribution in [0.15, 0.2) is 84.0 Å². The average molecular weight is 517 g/mol. The number of benzene rings is 3. The molecule has 0 saturated carbocycles. The Morgan fingerprint density at radius 1 is 1.00 bits per heavy atom. The molecule has 1 aliphatic heterocycles. The van der Waals surface area contributed by atoms with Gasteiger partial charge in [-0.3, -0.25) is 4.79 Å². The van der Waals surface area contributed by atoms with Crippen LogP contribution in [0.2, 0.25) is 10.0 Å². The Balaban J connectivity index is 1.72. The molecule has 5 aromatic rings. The Morgan fingerprint density at radius 2 is 1.81 bits per heavy atom. The van der Waals surface area contributed by atoms with Crippen LogP contribution < -0.4 is 16.0 Å². The predicted octanol–water partition coefficient (Wildman–Crippen LogP) is 5.35. The lowest BCUT2D eigenvalue weighted by atomic mass is 9.80. The summed E-state index contributed by atoms with van der Waals surface area (Å²) < 4.78 is 9.79. The molecule has 0 aliphatic carbocycles. The first-order valence-corrected chi connectivity index (χ1v) is 12.2. The fraction of sp³-hybridized carbons (Fsp3) is 0.143. The molecule has 0 spiro atoms. The molecule has 1 atom stereocenters. The smallest absolute Gasteiger partial charge is 0.251 e. The number of hydrogen-bond acceptors (Lipinski definition) is 4. The molecule has 180 valence electrons. The Morgan fingerprint density at radius 3 is 2.53 bits per heavy atom. The summed E-state index contributed by atoms with van der Waals surface area (Å²) in [5.74, 6) is 0.612. The molecule has 0 bridgehead atoms. The number of aromatic nitrogens is 3. The van der Waals surface area contributed by atoms with Crippen molar-refractivity contribution in [3.8, 4) is 16.9 Å². The van der Waals surface area contributed by atoms with Crippen molar-refractivity contribution in [3.63, 3.8) is 0 Å². The lowest BCUT2D eigenvalue weighted by Crippen LogP contribution is -2.41. The number of pyridine rings is 1. The molecular weight excluding hydrogens is 495 g/mol. The van der Waals surface area contributed by atoms with Crippen molar-refractivity contribution in [1.29, 1.82) is 0 Å². The van der Waals surface area contributed by atoms with Gasteiger partial charge in [-0.1, -0.05) is 47.5 Å². The summed E-state index contributed by atoms with van der Waals surface area (Å²) in [7, 11) is 1.91. The summed E-state index contributed by atoms with van der Waals surface area (Å²) in [5.41, 5.74) is 11.0. The zero-order valence-corrected chi connectivity index (χ0v) is 20.9. The van der Waals surface area contributed by atoms with Gasteiger partial charge in [0, 0.05) is 28.5 Å². The van der Waals surface area contributed by atoms with E-state index in [9.17, 15) is 4.79 Å². The molecule has 0 amide bonds. The standard InChI is InChI=1S/C28H22Cl2N4O2/c1-33-16-32-15-25(33)28(31,18-5-7-20(29)8-6-18)19-12-23-22(17-3-2-4-21(30)11-17)14-26(35)34-9-10-36-24(13-19)27(23)34/h2-8,11-16H,9-10,31H2,1H3. The normalized spacial score (nSPS) is 14.4. The topological polar surface area (TPSA) is 75.1 Å². The maximum Gasteiger partial charge on any atom is 0.251 e.